The van der Waals surface area contributed by atoms with Crippen molar-refractivity contribution in [3.05, 3.63) is 33.2 Å². The van der Waals surface area contributed by atoms with Crippen LogP contribution in [0, 0.1) is 11.3 Å². The van der Waals surface area contributed by atoms with Gasteiger partial charge in [0.15, 0.2) is 0 Å². The number of piperidine rings is 1. The molecule has 0 radical (unpaired) electrons. The fourth-order valence-corrected chi connectivity index (χ4v) is 4.37. The van der Waals surface area contributed by atoms with Crippen LogP contribution < -0.4 is 5.56 Å². The van der Waals surface area contributed by atoms with Crippen molar-refractivity contribution in [1.82, 2.24) is 9.88 Å². The van der Waals surface area contributed by atoms with E-state index in [0.717, 1.165) is 36.9 Å². The molecule has 0 aromatic carbocycles. The van der Waals surface area contributed by atoms with Gasteiger partial charge in [-0.25, -0.2) is 0 Å². The van der Waals surface area contributed by atoms with Gasteiger partial charge in [0.2, 0.25) is 0 Å². The van der Waals surface area contributed by atoms with Crippen LogP contribution in [-0.4, -0.2) is 51.2 Å². The summed E-state index contributed by atoms with van der Waals surface area (Å²) in [6.07, 6.45) is 3.83. The fourth-order valence-electron chi connectivity index (χ4n) is 4.37. The Hall–Kier alpha value is -2.15. The molecular weight excluding hydrogens is 360 g/mol. The van der Waals surface area contributed by atoms with Crippen molar-refractivity contribution in [1.29, 1.82) is 0 Å². The molecule has 1 aromatic rings. The summed E-state index contributed by atoms with van der Waals surface area (Å²) >= 11 is 0. The maximum Gasteiger partial charge on any atom is 0.314 e. The monoisotopic (exact) mass is 390 g/mol. The molecule has 7 nitrogen and oxygen atoms in total. The number of aliphatic hydroxyl groups excluding tert-OH is 1. The number of hydrogen-bond acceptors (Lipinski definition) is 4. The minimum absolute atomic E-state index is 0.0696. The molecule has 1 fully saturated rings. The Balaban J connectivity index is 1.88. The lowest BCUT2D eigenvalue weighted by molar-refractivity contribution is -0.163. The first-order valence-corrected chi connectivity index (χ1v) is 10.2. The third-order valence-electron chi connectivity index (χ3n) is 6.23. The van der Waals surface area contributed by atoms with E-state index in [4.69, 9.17) is 0 Å². The van der Waals surface area contributed by atoms with E-state index in [1.807, 2.05) is 13.8 Å². The number of aliphatic hydroxyl groups is 1. The van der Waals surface area contributed by atoms with Crippen LogP contribution in [0.2, 0.25) is 0 Å². The molecule has 1 amide bonds. The van der Waals surface area contributed by atoms with Gasteiger partial charge in [0.25, 0.3) is 11.5 Å². The van der Waals surface area contributed by atoms with Crippen molar-refractivity contribution in [2.75, 3.05) is 13.1 Å². The van der Waals surface area contributed by atoms with Crippen LogP contribution in [0.4, 0.5) is 0 Å². The number of fused-ring (bicyclic) bond motifs is 1. The van der Waals surface area contributed by atoms with Crippen molar-refractivity contribution in [2.24, 2.45) is 11.3 Å². The molecule has 1 aromatic heterocycles. The minimum Gasteiger partial charge on any atom is -0.481 e. The highest BCUT2D eigenvalue weighted by atomic mass is 16.4. The van der Waals surface area contributed by atoms with Gasteiger partial charge in [0.1, 0.15) is 11.0 Å². The summed E-state index contributed by atoms with van der Waals surface area (Å²) in [5.74, 6) is -1.24. The normalized spacial score (nSPS) is 24.9. The molecule has 2 aliphatic rings. The molecule has 2 heterocycles. The Bertz CT molecular complexity index is 816. The predicted octanol–water partition coefficient (Wildman–Crippen LogP) is 1.97. The van der Waals surface area contributed by atoms with Crippen LogP contribution >= 0.6 is 0 Å². The number of aliphatic carboxylic acids is 1. The third kappa shape index (κ3) is 3.85. The summed E-state index contributed by atoms with van der Waals surface area (Å²) in [5.41, 5.74) is 0.161. The second-order valence-electron chi connectivity index (χ2n) is 8.65. The zero-order valence-corrected chi connectivity index (χ0v) is 16.7. The number of amides is 1. The SMILES string of the molecule is CC(C)CC[C@@]1(C(=O)O)CN(C(=O)c2cc3c([nH]c2=O)CCCC3)CC[C@H]1O. The molecule has 154 valence electrons. The van der Waals surface area contributed by atoms with E-state index in [9.17, 15) is 24.6 Å². The van der Waals surface area contributed by atoms with Crippen molar-refractivity contribution in [3.63, 3.8) is 0 Å². The summed E-state index contributed by atoms with van der Waals surface area (Å²) in [6.45, 7) is 4.17. The van der Waals surface area contributed by atoms with Crippen molar-refractivity contribution in [3.8, 4) is 0 Å². The van der Waals surface area contributed by atoms with E-state index >= 15 is 0 Å². The fraction of sp³-hybridized carbons (Fsp3) is 0.667. The van der Waals surface area contributed by atoms with E-state index in [2.05, 4.69) is 4.98 Å². The number of aryl methyl sites for hydroxylation is 2. The Labute approximate surface area is 164 Å². The van der Waals surface area contributed by atoms with E-state index < -0.39 is 29.0 Å². The smallest absolute Gasteiger partial charge is 0.314 e. The first-order valence-electron chi connectivity index (χ1n) is 10.2. The molecule has 7 heteroatoms. The highest BCUT2D eigenvalue weighted by Gasteiger charge is 2.50. The van der Waals surface area contributed by atoms with Crippen molar-refractivity contribution >= 4 is 11.9 Å². The maximum atomic E-state index is 13.1. The number of hydrogen-bond donors (Lipinski definition) is 3. The summed E-state index contributed by atoms with van der Waals surface area (Å²) in [5, 5.41) is 20.4. The van der Waals surface area contributed by atoms with Crippen molar-refractivity contribution < 1.29 is 19.8 Å². The van der Waals surface area contributed by atoms with Gasteiger partial charge in [0, 0.05) is 18.8 Å². The van der Waals surface area contributed by atoms with Crippen LogP contribution in [0.5, 0.6) is 0 Å². The van der Waals surface area contributed by atoms with Gasteiger partial charge in [-0.05, 0) is 62.5 Å². The van der Waals surface area contributed by atoms with E-state index in [1.165, 1.54) is 4.90 Å². The summed E-state index contributed by atoms with van der Waals surface area (Å²) in [7, 11) is 0. The molecule has 0 bridgehead atoms. The molecular formula is C21H30N2O5. The third-order valence-corrected chi connectivity index (χ3v) is 6.23. The predicted molar refractivity (Wildman–Crippen MR) is 104 cm³/mol. The highest BCUT2D eigenvalue weighted by Crippen LogP contribution is 2.37. The molecule has 0 unspecified atom stereocenters. The number of aromatic nitrogens is 1. The quantitative estimate of drug-likeness (QED) is 0.712. The largest absolute Gasteiger partial charge is 0.481 e. The van der Waals surface area contributed by atoms with Crippen LogP contribution in [0.3, 0.4) is 0 Å². The van der Waals surface area contributed by atoms with Crippen LogP contribution in [0.1, 0.15) is 67.6 Å². The minimum atomic E-state index is -1.39. The molecule has 3 N–H and O–H groups in total. The second kappa shape index (κ2) is 8.07. The Kier molecular flexibility index (Phi) is 5.93. The van der Waals surface area contributed by atoms with Crippen LogP contribution in [0.25, 0.3) is 0 Å². The van der Waals surface area contributed by atoms with Gasteiger partial charge in [-0.15, -0.1) is 0 Å². The van der Waals surface area contributed by atoms with Gasteiger partial charge in [-0.1, -0.05) is 13.8 Å². The topological polar surface area (TPSA) is 111 Å². The Morgan fingerprint density at radius 2 is 2.04 bits per heavy atom. The lowest BCUT2D eigenvalue weighted by Gasteiger charge is -2.43. The highest BCUT2D eigenvalue weighted by molar-refractivity contribution is 5.94. The molecule has 1 saturated heterocycles. The average Bonchev–Trinajstić information content (AvgIpc) is 2.66. The number of aromatic amines is 1. The maximum absolute atomic E-state index is 13.1. The number of nitrogens with one attached hydrogen (secondary N) is 1. The molecule has 1 aliphatic heterocycles. The molecule has 2 atom stereocenters. The van der Waals surface area contributed by atoms with E-state index in [1.54, 1.807) is 6.07 Å². The van der Waals surface area contributed by atoms with Gasteiger partial charge in [-0.3, -0.25) is 14.4 Å². The average molecular weight is 390 g/mol. The Morgan fingerprint density at radius 1 is 1.32 bits per heavy atom. The molecule has 0 saturated carbocycles. The van der Waals surface area contributed by atoms with E-state index in [0.29, 0.717) is 12.8 Å². The van der Waals surface area contributed by atoms with Gasteiger partial charge in [-0.2, -0.15) is 0 Å². The number of carboxylic acid groups (broad SMARTS) is 1. The summed E-state index contributed by atoms with van der Waals surface area (Å²) in [6, 6.07) is 1.68. The lowest BCUT2D eigenvalue weighted by Crippen LogP contribution is -2.57. The number of carboxylic acids is 1. The van der Waals surface area contributed by atoms with Gasteiger partial charge < -0.3 is 20.1 Å². The summed E-state index contributed by atoms with van der Waals surface area (Å²) < 4.78 is 0. The summed E-state index contributed by atoms with van der Waals surface area (Å²) in [4.78, 5) is 41.9. The lowest BCUT2D eigenvalue weighted by atomic mass is 9.72. The number of H-pyrrole nitrogens is 1. The van der Waals surface area contributed by atoms with Gasteiger partial charge in [0.05, 0.1) is 6.10 Å². The van der Waals surface area contributed by atoms with Crippen molar-refractivity contribution in [2.45, 2.75) is 64.9 Å². The van der Waals surface area contributed by atoms with Crippen LogP contribution in [-0.2, 0) is 17.6 Å². The standard InChI is InChI=1S/C21H30N2O5/c1-13(2)7-9-21(20(27)28)12-23(10-8-17(21)24)19(26)15-11-14-5-3-4-6-16(14)22-18(15)25/h11,13,17,24H,3-10,12H2,1-2H3,(H,22,25)(H,27,28)/t17-,21-/m1/s1. The van der Waals surface area contributed by atoms with Crippen LogP contribution in [0.15, 0.2) is 10.9 Å². The van der Waals surface area contributed by atoms with Gasteiger partial charge >= 0.3 is 5.97 Å². The van der Waals surface area contributed by atoms with E-state index in [-0.39, 0.29) is 31.0 Å². The Morgan fingerprint density at radius 3 is 2.71 bits per heavy atom. The number of carbonyl (C=O) groups is 2. The number of rotatable bonds is 5. The molecule has 28 heavy (non-hydrogen) atoms. The number of pyridine rings is 1. The molecule has 0 spiro atoms. The number of likely N-dealkylation sites (tertiary alicyclic amines) is 1. The zero-order valence-electron chi connectivity index (χ0n) is 16.7. The number of nitrogens with zero attached hydrogens (tertiary/aromatic N) is 1. The number of carbonyl (C=O) groups excluding carboxylic acids is 1. The molecule has 3 rings (SSSR count). The zero-order chi connectivity index (χ0) is 20.5. The first kappa shape index (κ1) is 20.6. The first-order chi connectivity index (χ1) is 13.2. The molecule has 1 aliphatic carbocycles. The second-order valence-corrected chi connectivity index (χ2v) is 8.65.